The molecule has 1 aliphatic rings. The minimum Gasteiger partial charge on any atom is -0.481 e. The van der Waals surface area contributed by atoms with Gasteiger partial charge in [-0.3, -0.25) is 4.79 Å². The molecule has 0 saturated heterocycles. The van der Waals surface area contributed by atoms with Crippen molar-refractivity contribution in [2.75, 3.05) is 0 Å². The van der Waals surface area contributed by atoms with Crippen LogP contribution in [0.5, 0.6) is 0 Å². The lowest BCUT2D eigenvalue weighted by molar-refractivity contribution is -0.150. The Morgan fingerprint density at radius 1 is 1.48 bits per heavy atom. The van der Waals surface area contributed by atoms with Crippen molar-refractivity contribution in [2.24, 2.45) is 17.3 Å². The minimum absolute atomic E-state index is 0.205. The smallest absolute Gasteiger partial charge is 0.307 e. The fraction of sp³-hybridized carbons (Fsp3) is 0.688. The van der Waals surface area contributed by atoms with Gasteiger partial charge in [-0.1, -0.05) is 20.8 Å². The molecule has 21 heavy (non-hydrogen) atoms. The van der Waals surface area contributed by atoms with Crippen LogP contribution in [0.2, 0.25) is 0 Å². The van der Waals surface area contributed by atoms with E-state index in [4.69, 9.17) is 0 Å². The Morgan fingerprint density at radius 3 is 2.81 bits per heavy atom. The lowest BCUT2D eigenvalue weighted by atomic mass is 9.61. The van der Waals surface area contributed by atoms with E-state index in [0.29, 0.717) is 18.5 Å². The molecule has 5 heteroatoms. The molecule has 3 atom stereocenters. The van der Waals surface area contributed by atoms with E-state index in [1.807, 2.05) is 13.0 Å². The summed E-state index contributed by atoms with van der Waals surface area (Å²) in [6.45, 7) is 8.87. The summed E-state index contributed by atoms with van der Waals surface area (Å²) in [5, 5.41) is 12.9. The number of carboxylic acids is 1. The van der Waals surface area contributed by atoms with Gasteiger partial charge in [0.15, 0.2) is 0 Å². The van der Waals surface area contributed by atoms with Crippen LogP contribution in [-0.2, 0) is 11.3 Å². The molecule has 0 radical (unpaired) electrons. The standard InChI is InChI=1S/C16H25N3O2/c1-10-14(6-5-13(15(20)21)16(10,3)4)18-9-12-7-8-17-11(2)19-12/h7-8,10,13-14,18H,5-6,9H2,1-4H3,(H,20,21). The maximum Gasteiger partial charge on any atom is 0.307 e. The summed E-state index contributed by atoms with van der Waals surface area (Å²) in [5.41, 5.74) is 0.774. The molecule has 1 heterocycles. The monoisotopic (exact) mass is 291 g/mol. The zero-order chi connectivity index (χ0) is 15.6. The Morgan fingerprint density at radius 2 is 2.19 bits per heavy atom. The Kier molecular flexibility index (Phi) is 4.61. The lowest BCUT2D eigenvalue weighted by Crippen LogP contribution is -2.50. The average molecular weight is 291 g/mol. The van der Waals surface area contributed by atoms with Crippen LogP contribution >= 0.6 is 0 Å². The maximum absolute atomic E-state index is 11.4. The van der Waals surface area contributed by atoms with Crippen molar-refractivity contribution in [1.82, 2.24) is 15.3 Å². The van der Waals surface area contributed by atoms with Crippen LogP contribution < -0.4 is 5.32 Å². The quantitative estimate of drug-likeness (QED) is 0.891. The van der Waals surface area contributed by atoms with Crippen molar-refractivity contribution in [3.05, 3.63) is 23.8 Å². The number of aromatic nitrogens is 2. The van der Waals surface area contributed by atoms with Crippen molar-refractivity contribution in [3.8, 4) is 0 Å². The normalized spacial score (nSPS) is 28.3. The molecule has 1 aromatic heterocycles. The predicted molar refractivity (Wildman–Crippen MR) is 80.7 cm³/mol. The fourth-order valence-electron chi connectivity index (χ4n) is 3.36. The second-order valence-corrected chi connectivity index (χ2v) is 6.66. The molecule has 3 unspecified atom stereocenters. The Labute approximate surface area is 126 Å². The van der Waals surface area contributed by atoms with Gasteiger partial charge in [0.25, 0.3) is 0 Å². The highest BCUT2D eigenvalue weighted by molar-refractivity contribution is 5.71. The number of nitrogens with zero attached hydrogens (tertiary/aromatic N) is 2. The zero-order valence-electron chi connectivity index (χ0n) is 13.3. The Balaban J connectivity index is 2.01. The summed E-state index contributed by atoms with van der Waals surface area (Å²) in [6, 6.07) is 2.24. The third-order valence-corrected chi connectivity index (χ3v) is 5.12. The Hall–Kier alpha value is -1.49. The van der Waals surface area contributed by atoms with Crippen molar-refractivity contribution in [3.63, 3.8) is 0 Å². The molecule has 0 aromatic carbocycles. The first kappa shape index (κ1) is 15.9. The van der Waals surface area contributed by atoms with Crippen LogP contribution in [0.4, 0.5) is 0 Å². The van der Waals surface area contributed by atoms with Crippen molar-refractivity contribution in [2.45, 2.75) is 53.1 Å². The Bertz CT molecular complexity index is 516. The SMILES string of the molecule is Cc1nccc(CNC2CCC(C(=O)O)C(C)(C)C2C)n1. The molecule has 1 fully saturated rings. The molecule has 0 bridgehead atoms. The summed E-state index contributed by atoms with van der Waals surface area (Å²) in [4.78, 5) is 19.9. The highest BCUT2D eigenvalue weighted by Gasteiger charge is 2.45. The van der Waals surface area contributed by atoms with Crippen LogP contribution in [0, 0.1) is 24.2 Å². The number of carboxylic acid groups (broad SMARTS) is 1. The van der Waals surface area contributed by atoms with Crippen LogP contribution in [0.15, 0.2) is 12.3 Å². The summed E-state index contributed by atoms with van der Waals surface area (Å²) in [7, 11) is 0. The molecule has 116 valence electrons. The molecule has 1 aromatic rings. The van der Waals surface area contributed by atoms with E-state index in [1.165, 1.54) is 0 Å². The first-order chi connectivity index (χ1) is 9.82. The van der Waals surface area contributed by atoms with Crippen LogP contribution in [0.1, 0.15) is 45.1 Å². The molecule has 1 saturated carbocycles. The molecule has 5 nitrogen and oxygen atoms in total. The predicted octanol–water partition coefficient (Wildman–Crippen LogP) is 2.40. The minimum atomic E-state index is -0.670. The summed E-state index contributed by atoms with van der Waals surface area (Å²) >= 11 is 0. The third kappa shape index (κ3) is 3.40. The van der Waals surface area contributed by atoms with E-state index in [9.17, 15) is 9.90 Å². The number of rotatable bonds is 4. The maximum atomic E-state index is 11.4. The van der Waals surface area contributed by atoms with E-state index in [2.05, 4.69) is 36.1 Å². The molecular formula is C16H25N3O2. The van der Waals surface area contributed by atoms with Gasteiger partial charge in [0.2, 0.25) is 0 Å². The number of carbonyl (C=O) groups is 1. The molecule has 1 aliphatic carbocycles. The van der Waals surface area contributed by atoms with Crippen molar-refractivity contribution < 1.29 is 9.90 Å². The highest BCUT2D eigenvalue weighted by Crippen LogP contribution is 2.45. The first-order valence-electron chi connectivity index (χ1n) is 7.57. The van der Waals surface area contributed by atoms with Crippen LogP contribution in [0.3, 0.4) is 0 Å². The first-order valence-corrected chi connectivity index (χ1v) is 7.57. The zero-order valence-corrected chi connectivity index (χ0v) is 13.3. The second kappa shape index (κ2) is 6.10. The van der Waals surface area contributed by atoms with Gasteiger partial charge in [-0.15, -0.1) is 0 Å². The summed E-state index contributed by atoms with van der Waals surface area (Å²) < 4.78 is 0. The van der Waals surface area contributed by atoms with E-state index in [1.54, 1.807) is 6.20 Å². The van der Waals surface area contributed by atoms with E-state index in [-0.39, 0.29) is 11.3 Å². The summed E-state index contributed by atoms with van der Waals surface area (Å²) in [5.74, 6) is 0.149. The fourth-order valence-corrected chi connectivity index (χ4v) is 3.36. The van der Waals surface area contributed by atoms with E-state index in [0.717, 1.165) is 24.4 Å². The van der Waals surface area contributed by atoms with Crippen molar-refractivity contribution >= 4 is 5.97 Å². The van der Waals surface area contributed by atoms with E-state index < -0.39 is 5.97 Å². The number of aliphatic carboxylic acids is 1. The lowest BCUT2D eigenvalue weighted by Gasteiger charge is -2.46. The molecule has 0 spiro atoms. The van der Waals surface area contributed by atoms with Gasteiger partial charge in [-0.2, -0.15) is 0 Å². The average Bonchev–Trinajstić information content (AvgIpc) is 2.40. The van der Waals surface area contributed by atoms with Crippen LogP contribution in [-0.4, -0.2) is 27.1 Å². The van der Waals surface area contributed by atoms with Crippen molar-refractivity contribution in [1.29, 1.82) is 0 Å². The molecule has 2 N–H and O–H groups in total. The van der Waals surface area contributed by atoms with Crippen LogP contribution in [0.25, 0.3) is 0 Å². The topological polar surface area (TPSA) is 75.1 Å². The summed E-state index contributed by atoms with van der Waals surface area (Å²) in [6.07, 6.45) is 3.40. The van der Waals surface area contributed by atoms with Gasteiger partial charge in [-0.05, 0) is 37.2 Å². The van der Waals surface area contributed by atoms with Gasteiger partial charge < -0.3 is 10.4 Å². The largest absolute Gasteiger partial charge is 0.481 e. The number of hydrogen-bond acceptors (Lipinski definition) is 4. The molecule has 0 aliphatic heterocycles. The third-order valence-electron chi connectivity index (χ3n) is 5.12. The number of hydrogen-bond donors (Lipinski definition) is 2. The van der Waals surface area contributed by atoms with E-state index >= 15 is 0 Å². The van der Waals surface area contributed by atoms with Gasteiger partial charge in [-0.25, -0.2) is 9.97 Å². The van der Waals surface area contributed by atoms with Gasteiger partial charge in [0.05, 0.1) is 11.6 Å². The highest BCUT2D eigenvalue weighted by atomic mass is 16.4. The molecule has 2 rings (SSSR count). The second-order valence-electron chi connectivity index (χ2n) is 6.66. The molecular weight excluding hydrogens is 266 g/mol. The number of aryl methyl sites for hydroxylation is 1. The molecule has 0 amide bonds. The van der Waals surface area contributed by atoms with Gasteiger partial charge >= 0.3 is 5.97 Å². The van der Waals surface area contributed by atoms with Gasteiger partial charge in [0.1, 0.15) is 5.82 Å². The van der Waals surface area contributed by atoms with Gasteiger partial charge in [0, 0.05) is 18.8 Å². The number of nitrogens with one attached hydrogen (secondary N) is 1.